The number of imidazole rings is 1. The molecule has 2 heterocycles. The molecule has 2 aromatic heterocycles. The molecule has 0 saturated heterocycles. The molecule has 0 aliphatic carbocycles. The van der Waals surface area contributed by atoms with E-state index in [0.29, 0.717) is 17.2 Å². The molecule has 0 atom stereocenters. The molecular weight excluding hydrogens is 226 g/mol. The largest absolute Gasteiger partial charge is 0.382 e. The Bertz CT molecular complexity index is 712. The lowest BCUT2D eigenvalue weighted by Crippen LogP contribution is -1.99. The summed E-state index contributed by atoms with van der Waals surface area (Å²) >= 11 is 0. The van der Waals surface area contributed by atoms with Gasteiger partial charge >= 0.3 is 0 Å². The van der Waals surface area contributed by atoms with E-state index in [0.717, 1.165) is 11.2 Å². The van der Waals surface area contributed by atoms with E-state index < -0.39 is 0 Å². The zero-order valence-electron chi connectivity index (χ0n) is 10.3. The number of benzene rings is 1. The molecule has 0 bridgehead atoms. The van der Waals surface area contributed by atoms with Gasteiger partial charge in [-0.1, -0.05) is 29.8 Å². The summed E-state index contributed by atoms with van der Waals surface area (Å²) in [5.74, 6) is 1.04. The predicted molar refractivity (Wildman–Crippen MR) is 70.9 cm³/mol. The fourth-order valence-corrected chi connectivity index (χ4v) is 1.86. The third-order valence-electron chi connectivity index (χ3n) is 2.90. The second kappa shape index (κ2) is 3.80. The lowest BCUT2D eigenvalue weighted by molar-refractivity contribution is 0.929. The van der Waals surface area contributed by atoms with Crippen LogP contribution in [-0.4, -0.2) is 19.5 Å². The summed E-state index contributed by atoms with van der Waals surface area (Å²) < 4.78 is 1.84. The summed E-state index contributed by atoms with van der Waals surface area (Å²) in [6.07, 6.45) is 1.69. The van der Waals surface area contributed by atoms with E-state index in [-0.39, 0.29) is 0 Å². The topological polar surface area (TPSA) is 69.6 Å². The van der Waals surface area contributed by atoms with Gasteiger partial charge in [-0.15, -0.1) is 0 Å². The van der Waals surface area contributed by atoms with E-state index in [9.17, 15) is 0 Å². The van der Waals surface area contributed by atoms with Gasteiger partial charge in [0.05, 0.1) is 6.33 Å². The first-order valence-corrected chi connectivity index (χ1v) is 5.67. The number of nitrogen functional groups attached to an aromatic ring is 1. The molecule has 3 aromatic rings. The number of hydrogen-bond acceptors (Lipinski definition) is 4. The Kier molecular flexibility index (Phi) is 2.26. The van der Waals surface area contributed by atoms with Crippen molar-refractivity contribution in [2.45, 2.75) is 6.92 Å². The van der Waals surface area contributed by atoms with E-state index in [4.69, 9.17) is 5.73 Å². The molecule has 0 amide bonds. The van der Waals surface area contributed by atoms with E-state index in [1.54, 1.807) is 6.33 Å². The van der Waals surface area contributed by atoms with Crippen LogP contribution >= 0.6 is 0 Å². The summed E-state index contributed by atoms with van der Waals surface area (Å²) in [4.78, 5) is 13.0. The molecule has 0 radical (unpaired) electrons. The fourth-order valence-electron chi connectivity index (χ4n) is 1.86. The zero-order chi connectivity index (χ0) is 12.7. The number of rotatable bonds is 1. The minimum atomic E-state index is 0.413. The second-order valence-corrected chi connectivity index (χ2v) is 4.33. The predicted octanol–water partition coefficient (Wildman–Crippen LogP) is 1.92. The van der Waals surface area contributed by atoms with Crippen LogP contribution in [0.2, 0.25) is 0 Å². The molecule has 1 aromatic carbocycles. The Morgan fingerprint density at radius 2 is 1.83 bits per heavy atom. The van der Waals surface area contributed by atoms with Crippen LogP contribution in [0.3, 0.4) is 0 Å². The number of fused-ring (bicyclic) bond motifs is 1. The van der Waals surface area contributed by atoms with Gasteiger partial charge in [0.25, 0.3) is 0 Å². The highest BCUT2D eigenvalue weighted by Crippen LogP contribution is 2.21. The summed E-state index contributed by atoms with van der Waals surface area (Å²) in [6, 6.07) is 8.04. The lowest BCUT2D eigenvalue weighted by Gasteiger charge is -2.03. The quantitative estimate of drug-likeness (QED) is 0.704. The summed E-state index contributed by atoms with van der Waals surface area (Å²) in [5, 5.41) is 0. The van der Waals surface area contributed by atoms with E-state index in [1.807, 2.05) is 42.8 Å². The molecule has 18 heavy (non-hydrogen) atoms. The summed E-state index contributed by atoms with van der Waals surface area (Å²) in [7, 11) is 1.89. The third-order valence-corrected chi connectivity index (χ3v) is 2.90. The highest BCUT2D eigenvalue weighted by Gasteiger charge is 2.10. The highest BCUT2D eigenvalue weighted by molar-refractivity contribution is 5.83. The molecule has 0 spiro atoms. The first-order valence-electron chi connectivity index (χ1n) is 5.67. The zero-order valence-corrected chi connectivity index (χ0v) is 10.3. The molecule has 5 heteroatoms. The van der Waals surface area contributed by atoms with Crippen molar-refractivity contribution in [2.24, 2.45) is 7.05 Å². The molecule has 0 unspecified atom stereocenters. The van der Waals surface area contributed by atoms with Gasteiger partial charge in [0.15, 0.2) is 17.3 Å². The van der Waals surface area contributed by atoms with Gasteiger partial charge in [-0.3, -0.25) is 0 Å². The summed E-state index contributed by atoms with van der Waals surface area (Å²) in [5.41, 5.74) is 9.46. The smallest absolute Gasteiger partial charge is 0.165 e. The van der Waals surface area contributed by atoms with Crippen molar-refractivity contribution in [3.05, 3.63) is 36.2 Å². The Morgan fingerprint density at radius 1 is 1.11 bits per heavy atom. The molecule has 3 rings (SSSR count). The molecular formula is C13H13N5. The van der Waals surface area contributed by atoms with Gasteiger partial charge in [0.1, 0.15) is 5.52 Å². The second-order valence-electron chi connectivity index (χ2n) is 4.33. The van der Waals surface area contributed by atoms with E-state index >= 15 is 0 Å². The number of aromatic nitrogens is 4. The number of hydrogen-bond donors (Lipinski definition) is 1. The minimum absolute atomic E-state index is 0.413. The lowest BCUT2D eigenvalue weighted by atomic mass is 10.1. The first-order chi connectivity index (χ1) is 8.65. The van der Waals surface area contributed by atoms with Gasteiger partial charge in [-0.2, -0.15) is 0 Å². The van der Waals surface area contributed by atoms with Crippen molar-refractivity contribution in [1.82, 2.24) is 19.5 Å². The van der Waals surface area contributed by atoms with Gasteiger partial charge in [0.2, 0.25) is 0 Å². The van der Waals surface area contributed by atoms with Crippen molar-refractivity contribution >= 4 is 17.0 Å². The van der Waals surface area contributed by atoms with Crippen LogP contribution in [0.15, 0.2) is 30.6 Å². The van der Waals surface area contributed by atoms with E-state index in [2.05, 4.69) is 15.0 Å². The molecule has 5 nitrogen and oxygen atoms in total. The molecule has 90 valence electrons. The van der Waals surface area contributed by atoms with Crippen molar-refractivity contribution in [2.75, 3.05) is 5.73 Å². The minimum Gasteiger partial charge on any atom is -0.382 e. The average molecular weight is 239 g/mol. The van der Waals surface area contributed by atoms with Crippen molar-refractivity contribution in [3.63, 3.8) is 0 Å². The number of aryl methyl sites for hydroxylation is 2. The van der Waals surface area contributed by atoms with Gasteiger partial charge in [0, 0.05) is 12.6 Å². The summed E-state index contributed by atoms with van der Waals surface area (Å²) in [6.45, 7) is 2.04. The Morgan fingerprint density at radius 3 is 2.56 bits per heavy atom. The van der Waals surface area contributed by atoms with Crippen LogP contribution in [0.1, 0.15) is 5.56 Å². The normalized spacial score (nSPS) is 11.0. The SMILES string of the molecule is Cc1ccc(-c2nc(N)c3ncn(C)c3n2)cc1. The molecule has 0 aliphatic heterocycles. The van der Waals surface area contributed by atoms with Crippen molar-refractivity contribution in [1.29, 1.82) is 0 Å². The van der Waals surface area contributed by atoms with Crippen molar-refractivity contribution < 1.29 is 0 Å². The highest BCUT2D eigenvalue weighted by atomic mass is 15.1. The maximum Gasteiger partial charge on any atom is 0.165 e. The van der Waals surface area contributed by atoms with Crippen LogP contribution in [0.5, 0.6) is 0 Å². The maximum atomic E-state index is 5.91. The number of nitrogens with two attached hydrogens (primary N) is 1. The number of nitrogens with zero attached hydrogens (tertiary/aromatic N) is 4. The van der Waals surface area contributed by atoms with Crippen LogP contribution < -0.4 is 5.73 Å². The fraction of sp³-hybridized carbons (Fsp3) is 0.154. The average Bonchev–Trinajstić information content (AvgIpc) is 2.73. The number of anilines is 1. The van der Waals surface area contributed by atoms with Gasteiger partial charge < -0.3 is 10.3 Å². The van der Waals surface area contributed by atoms with E-state index in [1.165, 1.54) is 5.56 Å². The Balaban J connectivity index is 2.23. The maximum absolute atomic E-state index is 5.91. The molecule has 0 fully saturated rings. The van der Waals surface area contributed by atoms with Crippen LogP contribution in [-0.2, 0) is 7.05 Å². The van der Waals surface area contributed by atoms with Gasteiger partial charge in [-0.25, -0.2) is 15.0 Å². The van der Waals surface area contributed by atoms with Crippen LogP contribution in [0.4, 0.5) is 5.82 Å². The van der Waals surface area contributed by atoms with Crippen LogP contribution in [0.25, 0.3) is 22.6 Å². The first kappa shape index (κ1) is 10.7. The molecule has 0 aliphatic rings. The molecule has 2 N–H and O–H groups in total. The monoisotopic (exact) mass is 239 g/mol. The standard InChI is InChI=1S/C13H13N5/c1-8-3-5-9(6-4-8)12-16-11(14)10-13(17-12)18(2)7-15-10/h3-7H,1-2H3,(H2,14,16,17). The van der Waals surface area contributed by atoms with Crippen LogP contribution in [0, 0.1) is 6.92 Å². The Hall–Kier alpha value is -2.43. The Labute approximate surface area is 104 Å². The third kappa shape index (κ3) is 1.60. The van der Waals surface area contributed by atoms with Gasteiger partial charge in [-0.05, 0) is 6.92 Å². The van der Waals surface area contributed by atoms with Crippen molar-refractivity contribution in [3.8, 4) is 11.4 Å². The molecule has 0 saturated carbocycles.